The predicted octanol–water partition coefficient (Wildman–Crippen LogP) is 7.18. The maximum Gasteiger partial charge on any atom is 0.254 e. The number of thiophene rings is 1. The van der Waals surface area contributed by atoms with Crippen LogP contribution in [0.1, 0.15) is 55.9 Å². The molecule has 0 fully saturated rings. The van der Waals surface area contributed by atoms with Crippen molar-refractivity contribution in [3.8, 4) is 6.07 Å². The Labute approximate surface area is 232 Å². The molecule has 1 amide bonds. The fraction of sp³-hybridized carbons (Fsp3) is 0.182. The van der Waals surface area contributed by atoms with Crippen molar-refractivity contribution < 1.29 is 4.79 Å². The van der Waals surface area contributed by atoms with E-state index in [1.165, 1.54) is 10.4 Å². The summed E-state index contributed by atoms with van der Waals surface area (Å²) < 4.78 is 2.17. The number of fused-ring (bicyclic) bond motifs is 2. The third-order valence-corrected chi connectivity index (χ3v) is 8.49. The van der Waals surface area contributed by atoms with E-state index in [0.29, 0.717) is 18.7 Å². The molecule has 0 saturated heterocycles. The van der Waals surface area contributed by atoms with E-state index in [0.717, 1.165) is 63.8 Å². The summed E-state index contributed by atoms with van der Waals surface area (Å²) in [7, 11) is 0. The molecule has 0 spiro atoms. The lowest BCUT2D eigenvalue weighted by atomic mass is 9.95. The summed E-state index contributed by atoms with van der Waals surface area (Å²) in [6.07, 6.45) is 8.16. The molecule has 3 aromatic carbocycles. The number of rotatable bonds is 7. The Kier molecular flexibility index (Phi) is 7.07. The lowest BCUT2D eigenvalue weighted by Gasteiger charge is -2.12. The van der Waals surface area contributed by atoms with Gasteiger partial charge in [-0.3, -0.25) is 4.79 Å². The van der Waals surface area contributed by atoms with Crippen LogP contribution < -0.4 is 5.32 Å². The highest BCUT2D eigenvalue weighted by molar-refractivity contribution is 7.16. The van der Waals surface area contributed by atoms with Crippen molar-refractivity contribution in [2.75, 3.05) is 0 Å². The third kappa shape index (κ3) is 5.14. The van der Waals surface area contributed by atoms with E-state index in [9.17, 15) is 10.1 Å². The second-order valence-electron chi connectivity index (χ2n) is 9.82. The number of aliphatic imine (C=N–C) groups is 1. The second-order valence-corrected chi connectivity index (χ2v) is 10.9. The van der Waals surface area contributed by atoms with Gasteiger partial charge in [-0.05, 0) is 54.5 Å². The Morgan fingerprint density at radius 2 is 1.77 bits per heavy atom. The van der Waals surface area contributed by atoms with Crippen LogP contribution in [-0.4, -0.2) is 16.7 Å². The monoisotopic (exact) mass is 528 g/mol. The molecule has 192 valence electrons. The van der Waals surface area contributed by atoms with E-state index in [1.54, 1.807) is 11.3 Å². The van der Waals surface area contributed by atoms with Crippen molar-refractivity contribution in [1.29, 1.82) is 5.26 Å². The summed E-state index contributed by atoms with van der Waals surface area (Å²) >= 11 is 1.65. The molecule has 6 rings (SSSR count). The zero-order chi connectivity index (χ0) is 26.6. The van der Waals surface area contributed by atoms with Crippen LogP contribution in [0.3, 0.4) is 0 Å². The van der Waals surface area contributed by atoms with E-state index < -0.39 is 0 Å². The van der Waals surface area contributed by atoms with Gasteiger partial charge in [-0.2, -0.15) is 5.26 Å². The first-order chi connectivity index (χ1) is 19.2. The molecule has 2 heterocycles. The van der Waals surface area contributed by atoms with Gasteiger partial charge in [-0.25, -0.2) is 4.99 Å². The summed E-state index contributed by atoms with van der Waals surface area (Å²) in [5, 5.41) is 14.5. The topological polar surface area (TPSA) is 70.2 Å². The molecule has 1 N–H and O–H groups in total. The smallest absolute Gasteiger partial charge is 0.254 e. The van der Waals surface area contributed by atoms with Gasteiger partial charge < -0.3 is 9.88 Å². The lowest BCUT2D eigenvalue weighted by molar-refractivity contribution is 0.0951. The Morgan fingerprint density at radius 3 is 2.64 bits per heavy atom. The number of para-hydroxylation sites is 1. The van der Waals surface area contributed by atoms with Gasteiger partial charge >= 0.3 is 0 Å². The summed E-state index contributed by atoms with van der Waals surface area (Å²) in [6, 6.07) is 28.2. The first-order valence-electron chi connectivity index (χ1n) is 13.3. The molecule has 0 bridgehead atoms. The maximum absolute atomic E-state index is 13.5. The summed E-state index contributed by atoms with van der Waals surface area (Å²) in [6.45, 7) is 1.09. The number of nitrogens with one attached hydrogen (secondary N) is 1. The van der Waals surface area contributed by atoms with Gasteiger partial charge in [-0.15, -0.1) is 11.3 Å². The Bertz CT molecular complexity index is 1720. The first-order valence-corrected chi connectivity index (χ1v) is 14.1. The molecule has 2 aromatic heterocycles. The van der Waals surface area contributed by atoms with Crippen molar-refractivity contribution in [3.05, 3.63) is 123 Å². The van der Waals surface area contributed by atoms with Gasteiger partial charge in [0.25, 0.3) is 5.91 Å². The van der Waals surface area contributed by atoms with Crippen LogP contribution in [0.4, 0.5) is 5.00 Å². The number of nitrogens with zero attached hydrogens (tertiary/aromatic N) is 3. The van der Waals surface area contributed by atoms with Crippen LogP contribution in [0, 0.1) is 11.3 Å². The molecule has 0 atom stereocenters. The fourth-order valence-electron chi connectivity index (χ4n) is 5.33. The summed E-state index contributed by atoms with van der Waals surface area (Å²) in [5.74, 6) is -0.0547. The number of carbonyl (C=O) groups is 1. The number of carbonyl (C=O) groups excluding carboxylic acids is 1. The number of hydrogen-bond acceptors (Lipinski definition) is 4. The van der Waals surface area contributed by atoms with Crippen LogP contribution in [0.15, 0.2) is 90.1 Å². The molecule has 0 aliphatic heterocycles. The number of benzene rings is 3. The van der Waals surface area contributed by atoms with Gasteiger partial charge in [0.2, 0.25) is 0 Å². The molecule has 39 heavy (non-hydrogen) atoms. The third-order valence-electron chi connectivity index (χ3n) is 7.29. The molecule has 0 unspecified atom stereocenters. The number of aryl methyl sites for hydroxylation is 1. The minimum atomic E-state index is -0.0547. The molecular formula is C33H28N4OS. The maximum atomic E-state index is 13.5. The first kappa shape index (κ1) is 24.8. The highest BCUT2D eigenvalue weighted by Gasteiger charge is 2.25. The summed E-state index contributed by atoms with van der Waals surface area (Å²) in [4.78, 5) is 19.7. The largest absolute Gasteiger partial charge is 0.348 e. The van der Waals surface area contributed by atoms with E-state index >= 15 is 0 Å². The Balaban J connectivity index is 1.33. The molecule has 1 aliphatic carbocycles. The van der Waals surface area contributed by atoms with Crippen LogP contribution in [0.5, 0.6) is 0 Å². The average molecular weight is 529 g/mol. The Hall–Kier alpha value is -4.47. The van der Waals surface area contributed by atoms with E-state index in [2.05, 4.69) is 34.3 Å². The molecule has 5 nitrogen and oxygen atoms in total. The van der Waals surface area contributed by atoms with Gasteiger partial charge in [0.15, 0.2) is 0 Å². The fourth-order valence-corrected chi connectivity index (χ4v) is 6.56. The SMILES string of the molecule is N#Cc1ccccc1Cn1cc(C=Nc2sc3c(c2C(=O)NCc2ccccc2)CCCC3)c2ccccc21. The molecule has 1 aliphatic rings. The predicted molar refractivity (Wildman–Crippen MR) is 158 cm³/mol. The molecule has 5 aromatic rings. The van der Waals surface area contributed by atoms with Crippen LogP contribution in [0.2, 0.25) is 0 Å². The number of amides is 1. The minimum Gasteiger partial charge on any atom is -0.348 e. The lowest BCUT2D eigenvalue weighted by Crippen LogP contribution is -2.24. The van der Waals surface area contributed by atoms with E-state index in [1.807, 2.05) is 72.9 Å². The van der Waals surface area contributed by atoms with Crippen molar-refractivity contribution in [2.45, 2.75) is 38.8 Å². The number of nitriles is 1. The van der Waals surface area contributed by atoms with Crippen LogP contribution >= 0.6 is 11.3 Å². The number of aromatic nitrogens is 1. The second kappa shape index (κ2) is 11.1. The highest BCUT2D eigenvalue weighted by Crippen LogP contribution is 2.40. The van der Waals surface area contributed by atoms with Crippen molar-refractivity contribution in [1.82, 2.24) is 9.88 Å². The molecule has 0 radical (unpaired) electrons. The zero-order valence-corrected chi connectivity index (χ0v) is 22.4. The van der Waals surface area contributed by atoms with Crippen LogP contribution in [0.25, 0.3) is 10.9 Å². The quantitative estimate of drug-likeness (QED) is 0.227. The van der Waals surface area contributed by atoms with Gasteiger partial charge in [-0.1, -0.05) is 66.7 Å². The minimum absolute atomic E-state index is 0.0547. The summed E-state index contributed by atoms with van der Waals surface area (Å²) in [5.41, 5.74) is 6.70. The molecule has 0 saturated carbocycles. The van der Waals surface area contributed by atoms with E-state index in [4.69, 9.17) is 4.99 Å². The van der Waals surface area contributed by atoms with Crippen molar-refractivity contribution >= 4 is 39.4 Å². The molecule has 6 heteroatoms. The zero-order valence-electron chi connectivity index (χ0n) is 21.6. The Morgan fingerprint density at radius 1 is 1.00 bits per heavy atom. The normalized spacial score (nSPS) is 12.9. The average Bonchev–Trinajstić information content (AvgIpc) is 3.53. The van der Waals surface area contributed by atoms with Crippen LogP contribution in [-0.2, 0) is 25.9 Å². The van der Waals surface area contributed by atoms with Gasteiger partial charge in [0, 0.05) is 46.8 Å². The highest BCUT2D eigenvalue weighted by atomic mass is 32.1. The van der Waals surface area contributed by atoms with Gasteiger partial charge in [0.05, 0.1) is 17.2 Å². The van der Waals surface area contributed by atoms with Gasteiger partial charge in [0.1, 0.15) is 5.00 Å². The van der Waals surface area contributed by atoms with Crippen molar-refractivity contribution in [2.24, 2.45) is 4.99 Å². The van der Waals surface area contributed by atoms with Crippen molar-refractivity contribution in [3.63, 3.8) is 0 Å². The van der Waals surface area contributed by atoms with E-state index in [-0.39, 0.29) is 5.91 Å². The standard InChI is InChI=1S/C33H28N4OS/c34-18-24-12-4-5-13-25(24)21-37-22-26(27-14-6-8-16-29(27)37)20-36-33-31(28-15-7-9-17-30(28)39-33)32(38)35-19-23-10-2-1-3-11-23/h1-6,8,10-14,16,20,22H,7,9,15,17,19,21H2,(H,35,38). The number of hydrogen-bond donors (Lipinski definition) is 1. The molecular weight excluding hydrogens is 500 g/mol.